The third kappa shape index (κ3) is 6.34. The lowest BCUT2D eigenvalue weighted by molar-refractivity contribution is -0.137. The number of fused-ring (bicyclic) bond motifs is 1. The van der Waals surface area contributed by atoms with Gasteiger partial charge in [0.1, 0.15) is 0 Å². The van der Waals surface area contributed by atoms with E-state index in [2.05, 4.69) is 60.5 Å². The highest BCUT2D eigenvalue weighted by molar-refractivity contribution is 7.10. The van der Waals surface area contributed by atoms with Gasteiger partial charge >= 0.3 is 0 Å². The molecule has 2 amide bonds. The first-order valence-corrected chi connectivity index (χ1v) is 14.4. The summed E-state index contributed by atoms with van der Waals surface area (Å²) in [4.78, 5) is 34.3. The molecule has 0 spiro atoms. The van der Waals surface area contributed by atoms with E-state index in [-0.39, 0.29) is 17.9 Å². The Balaban J connectivity index is 1.34. The van der Waals surface area contributed by atoms with Crippen LogP contribution in [0.1, 0.15) is 74.4 Å². The molecule has 0 saturated carbocycles. The Morgan fingerprint density at radius 2 is 1.77 bits per heavy atom. The molecule has 6 heteroatoms. The Morgan fingerprint density at radius 1 is 1.00 bits per heavy atom. The molecule has 1 aromatic carbocycles. The van der Waals surface area contributed by atoms with Gasteiger partial charge in [0.15, 0.2) is 0 Å². The van der Waals surface area contributed by atoms with Crippen LogP contribution in [0, 0.1) is 5.92 Å². The van der Waals surface area contributed by atoms with E-state index >= 15 is 0 Å². The molecule has 1 aromatic heterocycles. The Kier molecular flexibility index (Phi) is 9.38. The molecule has 2 aliphatic rings. The zero-order chi connectivity index (χ0) is 24.6. The maximum Gasteiger partial charge on any atom is 0.225 e. The van der Waals surface area contributed by atoms with Crippen LogP contribution in [0.4, 0.5) is 0 Å². The summed E-state index contributed by atoms with van der Waals surface area (Å²) in [5.41, 5.74) is 2.70. The van der Waals surface area contributed by atoms with Gasteiger partial charge in [0.05, 0.1) is 6.04 Å². The number of carbonyl (C=O) groups is 2. The first-order valence-electron chi connectivity index (χ1n) is 13.5. The van der Waals surface area contributed by atoms with Crippen LogP contribution in [0.5, 0.6) is 0 Å². The first-order chi connectivity index (χ1) is 17.1. The highest BCUT2D eigenvalue weighted by Crippen LogP contribution is 2.37. The van der Waals surface area contributed by atoms with Crippen LogP contribution < -0.4 is 0 Å². The van der Waals surface area contributed by atoms with Crippen LogP contribution in [0.25, 0.3) is 0 Å². The Morgan fingerprint density at radius 3 is 2.54 bits per heavy atom. The van der Waals surface area contributed by atoms with Gasteiger partial charge in [0, 0.05) is 56.5 Å². The van der Waals surface area contributed by atoms with Gasteiger partial charge in [-0.15, -0.1) is 11.3 Å². The lowest BCUT2D eigenvalue weighted by atomic mass is 9.93. The normalized spacial score (nSPS) is 19.8. The van der Waals surface area contributed by atoms with Gasteiger partial charge in [0.25, 0.3) is 0 Å². The molecule has 2 aliphatic heterocycles. The summed E-state index contributed by atoms with van der Waals surface area (Å²) in [6, 6.07) is 13.2. The second kappa shape index (κ2) is 12.7. The number of unbranched alkanes of at least 4 members (excludes halogenated alkanes) is 1. The molecule has 1 fully saturated rings. The molecule has 4 rings (SSSR count). The van der Waals surface area contributed by atoms with Crippen molar-refractivity contribution in [3.8, 4) is 0 Å². The molecule has 2 unspecified atom stereocenters. The summed E-state index contributed by atoms with van der Waals surface area (Å²) >= 11 is 1.85. The molecule has 0 bridgehead atoms. The second-order valence-corrected chi connectivity index (χ2v) is 11.0. The standard InChI is InChI=1S/C29H41N3O2S/c1-3-5-10-23(4-2)29(34)32-17-9-16-30(20-21-32)27(33)14-19-31-18-13-26-25(15-22-35-26)28(31)24-11-7-6-8-12-24/h6-8,11-12,15,22-23,28H,3-5,9-10,13-14,16-21H2,1-2H3. The van der Waals surface area contributed by atoms with Gasteiger partial charge in [0.2, 0.25) is 11.8 Å². The van der Waals surface area contributed by atoms with E-state index in [1.54, 1.807) is 0 Å². The van der Waals surface area contributed by atoms with E-state index in [4.69, 9.17) is 0 Å². The molecule has 5 nitrogen and oxygen atoms in total. The number of amides is 2. The fraction of sp³-hybridized carbons (Fsp3) is 0.586. The van der Waals surface area contributed by atoms with Crippen molar-refractivity contribution < 1.29 is 9.59 Å². The van der Waals surface area contributed by atoms with Crippen molar-refractivity contribution in [2.45, 2.75) is 64.8 Å². The summed E-state index contributed by atoms with van der Waals surface area (Å²) in [6.45, 7) is 8.90. The molecule has 0 radical (unpaired) electrons. The minimum atomic E-state index is 0.133. The SMILES string of the molecule is CCCCC(CC)C(=O)N1CCCN(C(=O)CCN2CCc3sccc3C2c2ccccc2)CC1. The summed E-state index contributed by atoms with van der Waals surface area (Å²) in [7, 11) is 0. The van der Waals surface area contributed by atoms with Crippen molar-refractivity contribution in [2.24, 2.45) is 5.92 Å². The van der Waals surface area contributed by atoms with E-state index < -0.39 is 0 Å². The molecule has 3 heterocycles. The zero-order valence-corrected chi connectivity index (χ0v) is 22.3. The van der Waals surface area contributed by atoms with E-state index in [9.17, 15) is 9.59 Å². The third-order valence-corrected chi connectivity index (χ3v) is 8.70. The molecule has 0 aliphatic carbocycles. The van der Waals surface area contributed by atoms with Crippen molar-refractivity contribution in [3.05, 3.63) is 57.8 Å². The summed E-state index contributed by atoms with van der Waals surface area (Å²) in [6.07, 6.45) is 6.58. The maximum atomic E-state index is 13.2. The van der Waals surface area contributed by atoms with Crippen molar-refractivity contribution in [1.29, 1.82) is 0 Å². The topological polar surface area (TPSA) is 43.9 Å². The van der Waals surface area contributed by atoms with Crippen LogP contribution in [0.15, 0.2) is 41.8 Å². The molecule has 2 aromatic rings. The lowest BCUT2D eigenvalue weighted by Crippen LogP contribution is -2.41. The monoisotopic (exact) mass is 495 g/mol. The average molecular weight is 496 g/mol. The maximum absolute atomic E-state index is 13.2. The Bertz CT molecular complexity index is 960. The smallest absolute Gasteiger partial charge is 0.225 e. The number of thiophene rings is 1. The minimum Gasteiger partial charge on any atom is -0.341 e. The quantitative estimate of drug-likeness (QED) is 0.470. The lowest BCUT2D eigenvalue weighted by Gasteiger charge is -2.36. The number of carbonyl (C=O) groups excluding carboxylic acids is 2. The van der Waals surface area contributed by atoms with Gasteiger partial charge < -0.3 is 9.80 Å². The van der Waals surface area contributed by atoms with E-state index in [0.29, 0.717) is 25.4 Å². The number of benzene rings is 1. The van der Waals surface area contributed by atoms with Crippen LogP contribution >= 0.6 is 11.3 Å². The molecule has 0 N–H and O–H groups in total. The third-order valence-electron chi connectivity index (χ3n) is 7.70. The number of rotatable bonds is 9. The van der Waals surface area contributed by atoms with Crippen LogP contribution in [-0.4, -0.2) is 65.8 Å². The van der Waals surface area contributed by atoms with Crippen molar-refractivity contribution in [2.75, 3.05) is 39.3 Å². The average Bonchev–Trinajstić information content (AvgIpc) is 3.23. The summed E-state index contributed by atoms with van der Waals surface area (Å²) in [5.74, 6) is 0.648. The van der Waals surface area contributed by atoms with Gasteiger partial charge in [-0.25, -0.2) is 0 Å². The van der Waals surface area contributed by atoms with Gasteiger partial charge in [-0.05, 0) is 48.3 Å². The van der Waals surface area contributed by atoms with E-state index in [1.807, 2.05) is 21.1 Å². The number of hydrogen-bond acceptors (Lipinski definition) is 4. The molecule has 35 heavy (non-hydrogen) atoms. The second-order valence-electron chi connectivity index (χ2n) is 9.96. The van der Waals surface area contributed by atoms with Crippen LogP contribution in [0.2, 0.25) is 0 Å². The van der Waals surface area contributed by atoms with Gasteiger partial charge in [-0.2, -0.15) is 0 Å². The van der Waals surface area contributed by atoms with Crippen molar-refractivity contribution in [1.82, 2.24) is 14.7 Å². The largest absolute Gasteiger partial charge is 0.341 e. The fourth-order valence-electron chi connectivity index (χ4n) is 5.63. The van der Waals surface area contributed by atoms with Crippen molar-refractivity contribution in [3.63, 3.8) is 0 Å². The molecule has 2 atom stereocenters. The fourth-order valence-corrected chi connectivity index (χ4v) is 6.53. The predicted octanol–water partition coefficient (Wildman–Crippen LogP) is 5.36. The summed E-state index contributed by atoms with van der Waals surface area (Å²) < 4.78 is 0. The van der Waals surface area contributed by atoms with Gasteiger partial charge in [-0.3, -0.25) is 14.5 Å². The molecular formula is C29H41N3O2S. The number of nitrogens with zero attached hydrogens (tertiary/aromatic N) is 3. The highest BCUT2D eigenvalue weighted by Gasteiger charge is 2.31. The van der Waals surface area contributed by atoms with Crippen LogP contribution in [-0.2, 0) is 16.0 Å². The first kappa shape index (κ1) is 25.9. The minimum absolute atomic E-state index is 0.133. The molecule has 190 valence electrons. The van der Waals surface area contributed by atoms with Crippen molar-refractivity contribution >= 4 is 23.2 Å². The summed E-state index contributed by atoms with van der Waals surface area (Å²) in [5, 5.41) is 2.20. The van der Waals surface area contributed by atoms with Gasteiger partial charge in [-0.1, -0.05) is 57.0 Å². The molecule has 1 saturated heterocycles. The van der Waals surface area contributed by atoms with Crippen LogP contribution in [0.3, 0.4) is 0 Å². The molecular weight excluding hydrogens is 454 g/mol. The van der Waals surface area contributed by atoms with E-state index in [1.165, 1.54) is 16.0 Å². The Hall–Kier alpha value is -2.18. The highest BCUT2D eigenvalue weighted by atomic mass is 32.1. The number of hydrogen-bond donors (Lipinski definition) is 0. The predicted molar refractivity (Wildman–Crippen MR) is 144 cm³/mol. The zero-order valence-electron chi connectivity index (χ0n) is 21.5. The van der Waals surface area contributed by atoms with E-state index in [0.717, 1.165) is 64.7 Å². The Labute approximate surface area is 215 Å².